The van der Waals surface area contributed by atoms with Crippen LogP contribution in [0.25, 0.3) is 10.9 Å². The topological polar surface area (TPSA) is 67.2 Å². The summed E-state index contributed by atoms with van der Waals surface area (Å²) in [5, 5.41) is 4.13. The summed E-state index contributed by atoms with van der Waals surface area (Å²) in [5.74, 6) is -0.799. The van der Waals surface area contributed by atoms with Crippen LogP contribution in [0, 0.1) is 5.82 Å². The van der Waals surface area contributed by atoms with Crippen molar-refractivity contribution in [3.05, 3.63) is 80.6 Å². The smallest absolute Gasteiger partial charge is 0.260 e. The third-order valence-corrected chi connectivity index (χ3v) is 6.96. The summed E-state index contributed by atoms with van der Waals surface area (Å²) in [6.07, 6.45) is 3.08. The van der Waals surface area contributed by atoms with Crippen LogP contribution < -0.4 is 10.9 Å². The van der Waals surface area contributed by atoms with Crippen LogP contribution in [0.5, 0.6) is 0 Å². The normalized spacial score (nSPS) is 21.7. The summed E-state index contributed by atoms with van der Waals surface area (Å²) < 4.78 is 16.4. The summed E-state index contributed by atoms with van der Waals surface area (Å²) in [5.41, 5.74) is 0.951. The molecule has 1 amide bonds. The highest BCUT2D eigenvalue weighted by Crippen LogP contribution is 2.54. The number of anilines is 1. The van der Waals surface area contributed by atoms with Crippen molar-refractivity contribution in [3.63, 3.8) is 0 Å². The maximum atomic E-state index is 15.1. The molecule has 3 aromatic rings. The number of aromatic nitrogens is 2. The van der Waals surface area contributed by atoms with Crippen LogP contribution in [0.15, 0.2) is 48.0 Å². The van der Waals surface area contributed by atoms with Gasteiger partial charge in [-0.25, -0.2) is 9.37 Å². The molecule has 2 aromatic carbocycles. The van der Waals surface area contributed by atoms with Crippen molar-refractivity contribution in [1.29, 1.82) is 0 Å². The molecule has 5 rings (SSSR count). The van der Waals surface area contributed by atoms with Crippen molar-refractivity contribution < 1.29 is 9.18 Å². The molecule has 0 spiro atoms. The van der Waals surface area contributed by atoms with Crippen LogP contribution in [0.4, 0.5) is 10.1 Å². The molecule has 6 nitrogen and oxygen atoms in total. The van der Waals surface area contributed by atoms with Gasteiger partial charge in [0.15, 0.2) is 0 Å². The number of nitrogens with zero attached hydrogens (tertiary/aromatic N) is 3. The fourth-order valence-corrected chi connectivity index (χ4v) is 5.24. The molecule has 1 saturated heterocycles. The van der Waals surface area contributed by atoms with E-state index in [-0.39, 0.29) is 39.7 Å². The van der Waals surface area contributed by atoms with E-state index >= 15 is 4.39 Å². The first-order chi connectivity index (χ1) is 14.8. The zero-order valence-electron chi connectivity index (χ0n) is 16.5. The van der Waals surface area contributed by atoms with E-state index in [1.807, 2.05) is 0 Å². The summed E-state index contributed by atoms with van der Waals surface area (Å²) >= 11 is 12.7. The molecule has 1 aromatic heterocycles. The number of halogens is 3. The van der Waals surface area contributed by atoms with E-state index in [1.54, 1.807) is 24.1 Å². The fourth-order valence-electron chi connectivity index (χ4n) is 4.75. The van der Waals surface area contributed by atoms with Gasteiger partial charge in [-0.3, -0.25) is 9.59 Å². The van der Waals surface area contributed by atoms with Crippen molar-refractivity contribution >= 4 is 45.7 Å². The van der Waals surface area contributed by atoms with E-state index in [9.17, 15) is 9.59 Å². The lowest BCUT2D eigenvalue weighted by Crippen LogP contribution is -2.40. The van der Waals surface area contributed by atoms with Gasteiger partial charge in [0.1, 0.15) is 5.82 Å². The van der Waals surface area contributed by atoms with Crippen molar-refractivity contribution in [2.24, 2.45) is 7.05 Å². The minimum absolute atomic E-state index is 0.0997. The minimum atomic E-state index is -1.01. The number of likely N-dealkylation sites (tertiary alicyclic amines) is 1. The van der Waals surface area contributed by atoms with Crippen molar-refractivity contribution in [3.8, 4) is 0 Å². The second kappa shape index (κ2) is 6.80. The highest BCUT2D eigenvalue weighted by molar-refractivity contribution is 6.42. The second-order valence-corrected chi connectivity index (χ2v) is 8.72. The lowest BCUT2D eigenvalue weighted by atomic mass is 9.81. The molecule has 158 valence electrons. The van der Waals surface area contributed by atoms with Gasteiger partial charge in [-0.2, -0.15) is 0 Å². The number of carbonyl (C=O) groups is 1. The Bertz CT molecular complexity index is 1360. The predicted molar refractivity (Wildman–Crippen MR) is 118 cm³/mol. The molecule has 0 saturated carbocycles. The van der Waals surface area contributed by atoms with Gasteiger partial charge in [-0.1, -0.05) is 29.8 Å². The number of aryl methyl sites for hydroxylation is 1. The molecule has 1 fully saturated rings. The largest absolute Gasteiger partial charge is 0.373 e. The number of nitrogens with one attached hydrogen (secondary N) is 1. The Kier molecular flexibility index (Phi) is 4.39. The molecule has 0 radical (unpaired) electrons. The number of amides is 1. The lowest BCUT2D eigenvalue weighted by molar-refractivity contribution is -0.127. The number of benzene rings is 2. The minimum Gasteiger partial charge on any atom is -0.373 e. The first kappa shape index (κ1) is 20.0. The SMILES string of the molecule is C=CC(=O)N1C[C@@]2(c3c(F)ccc(Cl)c3Cl)CC1c1cc3ncn(C)c(=O)c3cc1N2. The van der Waals surface area contributed by atoms with Gasteiger partial charge in [0.05, 0.1) is 38.9 Å². The van der Waals surface area contributed by atoms with Crippen molar-refractivity contribution in [2.45, 2.75) is 18.0 Å². The lowest BCUT2D eigenvalue weighted by Gasteiger charge is -2.36. The average Bonchev–Trinajstić information content (AvgIpc) is 3.07. The van der Waals surface area contributed by atoms with Gasteiger partial charge >= 0.3 is 0 Å². The average molecular weight is 459 g/mol. The molecule has 31 heavy (non-hydrogen) atoms. The van der Waals surface area contributed by atoms with Gasteiger partial charge in [0, 0.05) is 36.8 Å². The summed E-state index contributed by atoms with van der Waals surface area (Å²) in [7, 11) is 1.62. The summed E-state index contributed by atoms with van der Waals surface area (Å²) in [4.78, 5) is 31.3. The maximum Gasteiger partial charge on any atom is 0.260 e. The number of hydrogen-bond donors (Lipinski definition) is 1. The Hall–Kier alpha value is -2.90. The van der Waals surface area contributed by atoms with Gasteiger partial charge < -0.3 is 14.8 Å². The van der Waals surface area contributed by atoms with Crippen LogP contribution in [0.1, 0.15) is 23.6 Å². The molecule has 2 atom stereocenters. The zero-order valence-corrected chi connectivity index (χ0v) is 18.0. The number of fused-ring (bicyclic) bond motifs is 5. The Morgan fingerprint density at radius 3 is 2.90 bits per heavy atom. The van der Waals surface area contributed by atoms with E-state index < -0.39 is 11.4 Å². The molecule has 3 heterocycles. The van der Waals surface area contributed by atoms with Crippen molar-refractivity contribution in [1.82, 2.24) is 14.5 Å². The summed E-state index contributed by atoms with van der Waals surface area (Å²) in [6.45, 7) is 3.76. The molecule has 0 aliphatic carbocycles. The Morgan fingerprint density at radius 1 is 1.39 bits per heavy atom. The van der Waals surface area contributed by atoms with Crippen LogP contribution in [-0.4, -0.2) is 26.9 Å². The van der Waals surface area contributed by atoms with Crippen LogP contribution >= 0.6 is 23.2 Å². The zero-order chi connectivity index (χ0) is 22.1. The molecular formula is C22H17Cl2FN4O2. The van der Waals surface area contributed by atoms with Crippen LogP contribution in [-0.2, 0) is 17.4 Å². The maximum absolute atomic E-state index is 15.1. The molecule has 2 aliphatic rings. The van der Waals surface area contributed by atoms with Gasteiger partial charge in [-0.15, -0.1) is 0 Å². The van der Waals surface area contributed by atoms with Crippen LogP contribution in [0.3, 0.4) is 0 Å². The Morgan fingerprint density at radius 2 is 2.16 bits per heavy atom. The third kappa shape index (κ3) is 2.80. The monoisotopic (exact) mass is 458 g/mol. The van der Waals surface area contributed by atoms with Gasteiger partial charge in [0.25, 0.3) is 5.56 Å². The van der Waals surface area contributed by atoms with E-state index in [1.165, 1.54) is 29.1 Å². The van der Waals surface area contributed by atoms with E-state index in [0.29, 0.717) is 23.0 Å². The molecule has 1 N–H and O–H groups in total. The van der Waals surface area contributed by atoms with E-state index in [0.717, 1.165) is 5.56 Å². The molecule has 2 bridgehead atoms. The number of rotatable bonds is 2. The number of carbonyl (C=O) groups excluding carboxylic acids is 1. The third-order valence-electron chi connectivity index (χ3n) is 6.16. The summed E-state index contributed by atoms with van der Waals surface area (Å²) in [6, 6.07) is 5.81. The fraction of sp³-hybridized carbons (Fsp3) is 0.227. The predicted octanol–water partition coefficient (Wildman–Crippen LogP) is 4.16. The Labute approximate surface area is 186 Å². The van der Waals surface area contributed by atoms with Gasteiger partial charge in [0.2, 0.25) is 5.91 Å². The molecule has 2 aliphatic heterocycles. The first-order valence-corrected chi connectivity index (χ1v) is 10.4. The first-order valence-electron chi connectivity index (χ1n) is 9.60. The van der Waals surface area contributed by atoms with Crippen LogP contribution in [0.2, 0.25) is 10.0 Å². The highest BCUT2D eigenvalue weighted by atomic mass is 35.5. The Balaban J connectivity index is 1.78. The molecule has 1 unspecified atom stereocenters. The quantitative estimate of drug-likeness (QED) is 0.462. The van der Waals surface area contributed by atoms with Crippen molar-refractivity contribution in [2.75, 3.05) is 11.9 Å². The van der Waals surface area contributed by atoms with E-state index in [4.69, 9.17) is 23.2 Å². The standard InChI is InChI=1S/C22H17Cl2FN4O2/c1-3-18(30)29-9-22(19-14(25)5-4-13(23)20(19)24)8-17(29)11-6-15-12(7-16(11)27-22)21(31)28(2)10-26-15/h3-7,10,17,27H,1,8-9H2,2H3/t17?,22-/m1/s1. The second-order valence-electron chi connectivity index (χ2n) is 7.93. The number of hydrogen-bond acceptors (Lipinski definition) is 4. The van der Waals surface area contributed by atoms with E-state index in [2.05, 4.69) is 16.9 Å². The molecular weight excluding hydrogens is 442 g/mol. The highest BCUT2D eigenvalue weighted by Gasteiger charge is 2.53. The molecule has 9 heteroatoms. The van der Waals surface area contributed by atoms with Gasteiger partial charge in [-0.05, 0) is 30.3 Å².